The highest BCUT2D eigenvalue weighted by atomic mass is 16.1. The van der Waals surface area contributed by atoms with E-state index in [9.17, 15) is 4.79 Å². The van der Waals surface area contributed by atoms with Crippen LogP contribution in [0.2, 0.25) is 0 Å². The number of hydrogen-bond donors (Lipinski definition) is 2. The van der Waals surface area contributed by atoms with Gasteiger partial charge in [0.15, 0.2) is 0 Å². The first-order chi connectivity index (χ1) is 11.0. The van der Waals surface area contributed by atoms with E-state index in [1.165, 1.54) is 11.1 Å². The molecule has 0 saturated carbocycles. The maximum Gasteiger partial charge on any atom is 0.228 e. The Balaban J connectivity index is 1.87. The Morgan fingerprint density at radius 2 is 1.87 bits per heavy atom. The number of H-pyrrole nitrogens is 1. The lowest BCUT2D eigenvalue weighted by Gasteiger charge is -2.10. The van der Waals surface area contributed by atoms with Gasteiger partial charge in [-0.2, -0.15) is 0 Å². The summed E-state index contributed by atoms with van der Waals surface area (Å²) in [5.41, 5.74) is 7.61. The summed E-state index contributed by atoms with van der Waals surface area (Å²) < 4.78 is 0. The molecule has 1 heterocycles. The lowest BCUT2D eigenvalue weighted by atomic mass is 10.0. The van der Waals surface area contributed by atoms with Gasteiger partial charge < -0.3 is 10.3 Å². The number of aryl methyl sites for hydroxylation is 3. The number of hydrogen-bond acceptors (Lipinski definition) is 1. The molecule has 0 saturated heterocycles. The molecular weight excluding hydrogens is 284 g/mol. The molecule has 0 spiro atoms. The Morgan fingerprint density at radius 1 is 1.09 bits per heavy atom. The summed E-state index contributed by atoms with van der Waals surface area (Å²) in [5, 5.41) is 4.18. The predicted octanol–water partition coefficient (Wildman–Crippen LogP) is 4.58. The Hall–Kier alpha value is -2.55. The van der Waals surface area contributed by atoms with Gasteiger partial charge in [-0.05, 0) is 62.6 Å². The van der Waals surface area contributed by atoms with Crippen molar-refractivity contribution in [2.45, 2.75) is 34.1 Å². The van der Waals surface area contributed by atoms with Crippen LogP contribution in [0.5, 0.6) is 0 Å². The largest absolute Gasteiger partial charge is 0.358 e. The molecule has 3 nitrogen and oxygen atoms in total. The number of carbonyl (C=O) groups is 1. The van der Waals surface area contributed by atoms with Gasteiger partial charge in [0, 0.05) is 22.3 Å². The maximum absolute atomic E-state index is 12.5. The van der Waals surface area contributed by atoms with Crippen LogP contribution in [-0.2, 0) is 11.2 Å². The standard InChI is InChI=1S/C20H22N2O/c1-12-8-9-19-17(10-12)16(15(4)21-19)11-20(23)22-18-7-5-6-13(2)14(18)3/h5-10,21H,11H2,1-4H3,(H,22,23). The van der Waals surface area contributed by atoms with E-state index >= 15 is 0 Å². The first-order valence-corrected chi connectivity index (χ1v) is 7.89. The van der Waals surface area contributed by atoms with E-state index in [4.69, 9.17) is 0 Å². The van der Waals surface area contributed by atoms with Crippen LogP contribution in [0, 0.1) is 27.7 Å². The topological polar surface area (TPSA) is 44.9 Å². The average Bonchev–Trinajstić information content (AvgIpc) is 2.80. The van der Waals surface area contributed by atoms with E-state index in [-0.39, 0.29) is 5.91 Å². The van der Waals surface area contributed by atoms with E-state index in [0.29, 0.717) is 6.42 Å². The molecule has 3 heteroatoms. The molecule has 1 amide bonds. The van der Waals surface area contributed by atoms with Crippen LogP contribution < -0.4 is 5.32 Å². The Morgan fingerprint density at radius 3 is 2.65 bits per heavy atom. The first-order valence-electron chi connectivity index (χ1n) is 7.89. The molecule has 0 atom stereocenters. The van der Waals surface area contributed by atoms with Crippen molar-refractivity contribution in [1.29, 1.82) is 0 Å². The number of benzene rings is 2. The van der Waals surface area contributed by atoms with E-state index in [1.807, 2.05) is 26.0 Å². The second kappa shape index (κ2) is 5.92. The van der Waals surface area contributed by atoms with Crippen molar-refractivity contribution in [3.05, 3.63) is 64.3 Å². The Labute approximate surface area is 136 Å². The van der Waals surface area contributed by atoms with Crippen LogP contribution in [0.1, 0.15) is 27.9 Å². The van der Waals surface area contributed by atoms with Crippen LogP contribution in [0.15, 0.2) is 36.4 Å². The van der Waals surface area contributed by atoms with E-state index in [2.05, 4.69) is 48.4 Å². The number of aromatic nitrogens is 1. The van der Waals surface area contributed by atoms with Crippen molar-refractivity contribution in [1.82, 2.24) is 4.98 Å². The minimum absolute atomic E-state index is 0.0178. The van der Waals surface area contributed by atoms with E-state index < -0.39 is 0 Å². The minimum Gasteiger partial charge on any atom is -0.358 e. The minimum atomic E-state index is 0.0178. The molecule has 0 aliphatic carbocycles. The molecule has 1 aromatic heterocycles. The number of rotatable bonds is 3. The van der Waals surface area contributed by atoms with Crippen LogP contribution in [0.4, 0.5) is 5.69 Å². The third-order valence-corrected chi connectivity index (χ3v) is 4.49. The van der Waals surface area contributed by atoms with Gasteiger partial charge in [0.05, 0.1) is 6.42 Å². The van der Waals surface area contributed by atoms with Gasteiger partial charge in [-0.15, -0.1) is 0 Å². The summed E-state index contributed by atoms with van der Waals surface area (Å²) >= 11 is 0. The molecule has 0 aliphatic heterocycles. The highest BCUT2D eigenvalue weighted by Gasteiger charge is 2.13. The second-order valence-corrected chi connectivity index (χ2v) is 6.25. The predicted molar refractivity (Wildman–Crippen MR) is 96.0 cm³/mol. The van der Waals surface area contributed by atoms with Gasteiger partial charge in [-0.25, -0.2) is 0 Å². The molecule has 0 aliphatic rings. The normalized spacial score (nSPS) is 11.0. The summed E-state index contributed by atoms with van der Waals surface area (Å²) in [6, 6.07) is 12.3. The SMILES string of the molecule is Cc1ccc2[nH]c(C)c(CC(=O)Nc3cccc(C)c3C)c2c1. The van der Waals surface area contributed by atoms with Gasteiger partial charge in [0.2, 0.25) is 5.91 Å². The monoisotopic (exact) mass is 306 g/mol. The number of anilines is 1. The van der Waals surface area contributed by atoms with Gasteiger partial charge in [0.25, 0.3) is 0 Å². The Bertz CT molecular complexity index is 890. The van der Waals surface area contributed by atoms with Crippen molar-refractivity contribution in [3.63, 3.8) is 0 Å². The number of fused-ring (bicyclic) bond motifs is 1. The van der Waals surface area contributed by atoms with Gasteiger partial charge in [0.1, 0.15) is 0 Å². The molecule has 2 aromatic carbocycles. The van der Waals surface area contributed by atoms with E-state index in [1.54, 1.807) is 0 Å². The van der Waals surface area contributed by atoms with Crippen molar-refractivity contribution in [2.75, 3.05) is 5.32 Å². The van der Waals surface area contributed by atoms with Gasteiger partial charge in [-0.3, -0.25) is 4.79 Å². The number of amides is 1. The summed E-state index contributed by atoms with van der Waals surface area (Å²) in [4.78, 5) is 15.9. The summed E-state index contributed by atoms with van der Waals surface area (Å²) in [7, 11) is 0. The zero-order valence-corrected chi connectivity index (χ0v) is 14.1. The van der Waals surface area contributed by atoms with Crippen LogP contribution in [-0.4, -0.2) is 10.9 Å². The first kappa shape index (κ1) is 15.3. The smallest absolute Gasteiger partial charge is 0.228 e. The lowest BCUT2D eigenvalue weighted by Crippen LogP contribution is -2.15. The fourth-order valence-electron chi connectivity index (χ4n) is 2.97. The van der Waals surface area contributed by atoms with Crippen LogP contribution >= 0.6 is 0 Å². The highest BCUT2D eigenvalue weighted by molar-refractivity contribution is 5.97. The molecule has 3 aromatic rings. The van der Waals surface area contributed by atoms with Crippen molar-refractivity contribution < 1.29 is 4.79 Å². The molecule has 0 fully saturated rings. The van der Waals surface area contributed by atoms with E-state index in [0.717, 1.165) is 33.4 Å². The van der Waals surface area contributed by atoms with Crippen molar-refractivity contribution in [2.24, 2.45) is 0 Å². The molecule has 0 bridgehead atoms. The molecule has 118 valence electrons. The number of nitrogens with one attached hydrogen (secondary N) is 2. The molecule has 0 radical (unpaired) electrons. The maximum atomic E-state index is 12.5. The van der Waals surface area contributed by atoms with Crippen LogP contribution in [0.3, 0.4) is 0 Å². The third kappa shape index (κ3) is 3.00. The molecule has 23 heavy (non-hydrogen) atoms. The van der Waals surface area contributed by atoms with Crippen molar-refractivity contribution in [3.8, 4) is 0 Å². The van der Waals surface area contributed by atoms with Gasteiger partial charge in [-0.1, -0.05) is 23.8 Å². The third-order valence-electron chi connectivity index (χ3n) is 4.49. The summed E-state index contributed by atoms with van der Waals surface area (Å²) in [5.74, 6) is 0.0178. The molecular formula is C20H22N2O. The summed E-state index contributed by atoms with van der Waals surface area (Å²) in [6.45, 7) is 8.18. The molecule has 0 unspecified atom stereocenters. The molecule has 2 N–H and O–H groups in total. The average molecular weight is 306 g/mol. The lowest BCUT2D eigenvalue weighted by molar-refractivity contribution is -0.115. The molecule has 3 rings (SSSR count). The zero-order chi connectivity index (χ0) is 16.6. The Kier molecular flexibility index (Phi) is 3.95. The summed E-state index contributed by atoms with van der Waals surface area (Å²) in [6.07, 6.45) is 0.378. The van der Waals surface area contributed by atoms with Crippen LogP contribution in [0.25, 0.3) is 10.9 Å². The zero-order valence-electron chi connectivity index (χ0n) is 14.1. The fourth-order valence-corrected chi connectivity index (χ4v) is 2.97. The quantitative estimate of drug-likeness (QED) is 0.730. The highest BCUT2D eigenvalue weighted by Crippen LogP contribution is 2.25. The second-order valence-electron chi connectivity index (χ2n) is 6.25. The fraction of sp³-hybridized carbons (Fsp3) is 0.250. The number of carbonyl (C=O) groups excluding carboxylic acids is 1. The van der Waals surface area contributed by atoms with Gasteiger partial charge >= 0.3 is 0 Å². The number of aromatic amines is 1. The van der Waals surface area contributed by atoms with Crippen molar-refractivity contribution >= 4 is 22.5 Å².